The van der Waals surface area contributed by atoms with E-state index < -0.39 is 22.6 Å². The predicted octanol–water partition coefficient (Wildman–Crippen LogP) is -0.304. The van der Waals surface area contributed by atoms with Gasteiger partial charge in [0.1, 0.15) is 17.2 Å². The number of benzene rings is 1. The van der Waals surface area contributed by atoms with Crippen molar-refractivity contribution in [2.45, 2.75) is 12.3 Å². The van der Waals surface area contributed by atoms with Gasteiger partial charge < -0.3 is 15.8 Å². The van der Waals surface area contributed by atoms with Crippen LogP contribution < -0.4 is 27.0 Å². The number of aryl methyl sites for hydroxylation is 1. The van der Waals surface area contributed by atoms with Crippen LogP contribution in [0.3, 0.4) is 0 Å². The lowest BCUT2D eigenvalue weighted by molar-refractivity contribution is -0.118. The van der Waals surface area contributed by atoms with E-state index in [0.717, 1.165) is 5.56 Å². The average molecular weight is 337 g/mol. The van der Waals surface area contributed by atoms with Gasteiger partial charge in [-0.2, -0.15) is 5.26 Å². The molecule has 4 rings (SSSR count). The third kappa shape index (κ3) is 1.68. The van der Waals surface area contributed by atoms with Crippen molar-refractivity contribution < 1.29 is 9.53 Å². The standard InChI is InChI=1S/C16H11N5O4/c1-6-2-3-9-7(4-6)16(14(23)19-9)8(5-17)11(18)25-13-10(16)12(22)20-15(24)21-13/h2-4H,18H2,1H3,(H,19,23)(H2,20,21,22,24). The van der Waals surface area contributed by atoms with Gasteiger partial charge in [0.25, 0.3) is 5.56 Å². The number of nitrogens with two attached hydrogens (primary N) is 1. The van der Waals surface area contributed by atoms with E-state index in [0.29, 0.717) is 11.3 Å². The molecule has 5 N–H and O–H groups in total. The van der Waals surface area contributed by atoms with Crippen LogP contribution in [0.25, 0.3) is 0 Å². The Hall–Kier alpha value is -3.80. The van der Waals surface area contributed by atoms with Gasteiger partial charge in [-0.15, -0.1) is 0 Å². The fraction of sp³-hybridized carbons (Fsp3) is 0.125. The van der Waals surface area contributed by atoms with E-state index in [-0.39, 0.29) is 22.9 Å². The molecule has 25 heavy (non-hydrogen) atoms. The quantitative estimate of drug-likeness (QED) is 0.517. The maximum Gasteiger partial charge on any atom is 0.328 e. The fourth-order valence-corrected chi connectivity index (χ4v) is 3.40. The minimum Gasteiger partial charge on any atom is -0.423 e. The van der Waals surface area contributed by atoms with E-state index in [4.69, 9.17) is 10.5 Å². The Kier molecular flexibility index (Phi) is 2.72. The number of H-pyrrole nitrogens is 2. The zero-order chi connectivity index (χ0) is 17.9. The highest BCUT2D eigenvalue weighted by molar-refractivity contribution is 6.12. The molecule has 1 spiro atoms. The number of carbonyl (C=O) groups is 1. The van der Waals surface area contributed by atoms with Crippen molar-refractivity contribution in [1.82, 2.24) is 9.97 Å². The van der Waals surface area contributed by atoms with E-state index >= 15 is 0 Å². The summed E-state index contributed by atoms with van der Waals surface area (Å²) in [5, 5.41) is 12.3. The summed E-state index contributed by atoms with van der Waals surface area (Å²) < 4.78 is 5.26. The summed E-state index contributed by atoms with van der Waals surface area (Å²) >= 11 is 0. The van der Waals surface area contributed by atoms with Gasteiger partial charge in [-0.1, -0.05) is 17.7 Å². The number of nitrogens with zero attached hydrogens (tertiary/aromatic N) is 1. The van der Waals surface area contributed by atoms with Crippen LogP contribution in [0, 0.1) is 18.3 Å². The van der Waals surface area contributed by atoms with Crippen LogP contribution >= 0.6 is 0 Å². The van der Waals surface area contributed by atoms with Gasteiger partial charge in [0.15, 0.2) is 5.41 Å². The predicted molar refractivity (Wildman–Crippen MR) is 85.7 cm³/mol. The molecular weight excluding hydrogens is 326 g/mol. The average Bonchev–Trinajstić information content (AvgIpc) is 2.80. The van der Waals surface area contributed by atoms with Gasteiger partial charge in [0.05, 0.1) is 0 Å². The summed E-state index contributed by atoms with van der Waals surface area (Å²) in [7, 11) is 0. The Morgan fingerprint density at radius 1 is 1.24 bits per heavy atom. The molecule has 1 aromatic heterocycles. The van der Waals surface area contributed by atoms with Crippen LogP contribution in [0.15, 0.2) is 39.2 Å². The summed E-state index contributed by atoms with van der Waals surface area (Å²) in [5.74, 6) is -1.22. The molecule has 0 radical (unpaired) electrons. The van der Waals surface area contributed by atoms with E-state index in [1.807, 2.05) is 13.0 Å². The zero-order valence-electron chi connectivity index (χ0n) is 12.9. The number of ether oxygens (including phenoxy) is 1. The molecule has 1 atom stereocenters. The first-order valence-electron chi connectivity index (χ1n) is 7.27. The first kappa shape index (κ1) is 14.8. The van der Waals surface area contributed by atoms with Crippen LogP contribution in [0.5, 0.6) is 5.88 Å². The number of aromatic nitrogens is 2. The number of hydrogen-bond acceptors (Lipinski definition) is 6. The normalized spacial score (nSPS) is 20.6. The number of carbonyl (C=O) groups excluding carboxylic acids is 1. The summed E-state index contributed by atoms with van der Waals surface area (Å²) in [6, 6.07) is 7.04. The molecule has 1 unspecified atom stereocenters. The molecule has 1 aromatic carbocycles. The molecule has 0 saturated carbocycles. The van der Waals surface area contributed by atoms with E-state index in [1.165, 1.54) is 0 Å². The van der Waals surface area contributed by atoms with Crippen LogP contribution in [-0.2, 0) is 10.2 Å². The SMILES string of the molecule is Cc1ccc2c(c1)C1(C(=O)N2)C(C#N)=C(N)Oc2[nH]c(=O)[nH]c(=O)c21. The summed E-state index contributed by atoms with van der Waals surface area (Å²) in [4.78, 5) is 41.5. The molecule has 0 saturated heterocycles. The zero-order valence-corrected chi connectivity index (χ0v) is 12.9. The highest BCUT2D eigenvalue weighted by Crippen LogP contribution is 2.51. The molecule has 3 heterocycles. The van der Waals surface area contributed by atoms with Gasteiger partial charge >= 0.3 is 5.69 Å². The van der Waals surface area contributed by atoms with Crippen molar-refractivity contribution in [2.24, 2.45) is 5.73 Å². The first-order valence-corrected chi connectivity index (χ1v) is 7.27. The molecule has 2 aliphatic rings. The number of nitrogens with one attached hydrogen (secondary N) is 3. The van der Waals surface area contributed by atoms with Crippen molar-refractivity contribution in [1.29, 1.82) is 5.26 Å². The second-order valence-corrected chi connectivity index (χ2v) is 5.82. The van der Waals surface area contributed by atoms with Gasteiger partial charge in [0.2, 0.25) is 17.7 Å². The summed E-state index contributed by atoms with van der Waals surface area (Å²) in [6.07, 6.45) is 0. The Balaban J connectivity index is 2.24. The molecule has 124 valence electrons. The third-order valence-electron chi connectivity index (χ3n) is 4.40. The maximum atomic E-state index is 13.0. The summed E-state index contributed by atoms with van der Waals surface area (Å²) in [6.45, 7) is 1.81. The Morgan fingerprint density at radius 3 is 2.72 bits per heavy atom. The number of rotatable bonds is 0. The van der Waals surface area contributed by atoms with Crippen LogP contribution in [0.4, 0.5) is 5.69 Å². The molecular formula is C16H11N5O4. The largest absolute Gasteiger partial charge is 0.423 e. The van der Waals surface area contributed by atoms with Gasteiger partial charge in [-0.25, -0.2) is 4.79 Å². The molecule has 2 aliphatic heterocycles. The minimum atomic E-state index is -1.79. The minimum absolute atomic E-state index is 0.181. The van der Waals surface area contributed by atoms with Gasteiger partial charge in [0, 0.05) is 11.3 Å². The number of anilines is 1. The van der Waals surface area contributed by atoms with Crippen molar-refractivity contribution in [2.75, 3.05) is 5.32 Å². The number of nitriles is 1. The summed E-state index contributed by atoms with van der Waals surface area (Å²) in [5.41, 5.74) is 3.70. The number of aromatic amines is 2. The smallest absolute Gasteiger partial charge is 0.328 e. The fourth-order valence-electron chi connectivity index (χ4n) is 3.40. The molecule has 9 nitrogen and oxygen atoms in total. The van der Waals surface area contributed by atoms with Crippen molar-refractivity contribution >= 4 is 11.6 Å². The topological polar surface area (TPSA) is 154 Å². The third-order valence-corrected chi connectivity index (χ3v) is 4.40. The monoisotopic (exact) mass is 337 g/mol. The van der Waals surface area contributed by atoms with Crippen LogP contribution in [0.2, 0.25) is 0 Å². The molecule has 0 fully saturated rings. The Morgan fingerprint density at radius 2 is 2.00 bits per heavy atom. The number of fused-ring (bicyclic) bond motifs is 4. The van der Waals surface area contributed by atoms with Crippen molar-refractivity contribution in [3.8, 4) is 11.9 Å². The highest BCUT2D eigenvalue weighted by atomic mass is 16.5. The van der Waals surface area contributed by atoms with Gasteiger partial charge in [-0.3, -0.25) is 19.6 Å². The highest BCUT2D eigenvalue weighted by Gasteiger charge is 2.58. The Bertz CT molecular complexity index is 1150. The second-order valence-electron chi connectivity index (χ2n) is 5.82. The van der Waals surface area contributed by atoms with E-state index in [1.54, 1.807) is 18.2 Å². The van der Waals surface area contributed by atoms with Crippen LogP contribution in [0.1, 0.15) is 16.7 Å². The lowest BCUT2D eigenvalue weighted by Gasteiger charge is -2.32. The molecule has 1 amide bonds. The molecule has 9 heteroatoms. The lowest BCUT2D eigenvalue weighted by atomic mass is 9.69. The second kappa shape index (κ2) is 4.61. The maximum absolute atomic E-state index is 13.0. The van der Waals surface area contributed by atoms with E-state index in [2.05, 4.69) is 15.3 Å². The molecule has 0 bridgehead atoms. The van der Waals surface area contributed by atoms with Crippen LogP contribution in [-0.4, -0.2) is 15.9 Å². The van der Waals surface area contributed by atoms with Gasteiger partial charge in [-0.05, 0) is 13.0 Å². The van der Waals surface area contributed by atoms with E-state index in [9.17, 15) is 19.6 Å². The van der Waals surface area contributed by atoms with Crippen molar-refractivity contribution in [3.63, 3.8) is 0 Å². The lowest BCUT2D eigenvalue weighted by Crippen LogP contribution is -2.48. The molecule has 0 aliphatic carbocycles. The van der Waals surface area contributed by atoms with Crippen molar-refractivity contribution in [3.05, 3.63) is 67.2 Å². The number of amides is 1. The molecule has 2 aromatic rings. The Labute approximate surface area is 139 Å². The number of hydrogen-bond donors (Lipinski definition) is 4. The first-order chi connectivity index (χ1) is 11.9.